The molecule has 1 aliphatic carbocycles. The van der Waals surface area contributed by atoms with E-state index >= 15 is 0 Å². The van der Waals surface area contributed by atoms with Crippen molar-refractivity contribution in [1.29, 1.82) is 0 Å². The highest BCUT2D eigenvalue weighted by Gasteiger charge is 2.30. The van der Waals surface area contributed by atoms with Gasteiger partial charge >= 0.3 is 12.1 Å². The van der Waals surface area contributed by atoms with Crippen molar-refractivity contribution >= 4 is 29.3 Å². The molecule has 5 rings (SSSR count). The Balaban J connectivity index is 1.15. The fraction of sp³-hybridized carbons (Fsp3) is 0.250. The number of hydrogen-bond acceptors (Lipinski definition) is 7. The van der Waals surface area contributed by atoms with Gasteiger partial charge in [0.1, 0.15) is 17.3 Å². The Morgan fingerprint density at radius 1 is 0.905 bits per heavy atom. The van der Waals surface area contributed by atoms with Crippen molar-refractivity contribution in [2.24, 2.45) is 0 Å². The van der Waals surface area contributed by atoms with E-state index < -0.39 is 36.2 Å². The number of carboxylic acids is 1. The number of amides is 2. The first-order chi connectivity index (χ1) is 20.3. The van der Waals surface area contributed by atoms with E-state index in [9.17, 15) is 19.5 Å². The number of ether oxygens (including phenoxy) is 2. The van der Waals surface area contributed by atoms with Crippen LogP contribution in [-0.2, 0) is 20.9 Å². The summed E-state index contributed by atoms with van der Waals surface area (Å²) in [4.78, 5) is 41.7. The maximum Gasteiger partial charge on any atom is 0.407 e. The van der Waals surface area contributed by atoms with E-state index in [1.165, 1.54) is 16.7 Å². The summed E-state index contributed by atoms with van der Waals surface area (Å²) in [5, 5.41) is 17.0. The Hall–Kier alpha value is -4.54. The van der Waals surface area contributed by atoms with Crippen LogP contribution < -0.4 is 10.6 Å². The number of benzene rings is 3. The van der Waals surface area contributed by atoms with Gasteiger partial charge in [-0.2, -0.15) is 0 Å². The van der Waals surface area contributed by atoms with Crippen LogP contribution in [0.25, 0.3) is 11.1 Å². The number of carbonyl (C=O) groups is 3. The fourth-order valence-corrected chi connectivity index (χ4v) is 5.77. The molecule has 9 nitrogen and oxygen atoms in total. The SMILES string of the molecule is CC(NC(=O)OCC1c2ccccc2-c2ccccc21)c1nc(C(=O)NC(C(=O)O)C(C)OCc2ccccc2)cs1. The van der Waals surface area contributed by atoms with Crippen LogP contribution in [0, 0.1) is 0 Å². The molecular formula is C32H31N3O6S. The second-order valence-corrected chi connectivity index (χ2v) is 10.9. The van der Waals surface area contributed by atoms with Gasteiger partial charge in [-0.15, -0.1) is 11.3 Å². The van der Waals surface area contributed by atoms with Crippen molar-refractivity contribution in [2.75, 3.05) is 6.61 Å². The number of nitrogens with one attached hydrogen (secondary N) is 2. The first kappa shape index (κ1) is 29.0. The van der Waals surface area contributed by atoms with E-state index in [-0.39, 0.29) is 24.8 Å². The van der Waals surface area contributed by atoms with Gasteiger partial charge < -0.3 is 25.2 Å². The van der Waals surface area contributed by atoms with E-state index in [4.69, 9.17) is 9.47 Å². The van der Waals surface area contributed by atoms with Crippen molar-refractivity contribution < 1.29 is 29.0 Å². The Labute approximate surface area is 247 Å². The topological polar surface area (TPSA) is 127 Å². The highest BCUT2D eigenvalue weighted by molar-refractivity contribution is 7.09. The highest BCUT2D eigenvalue weighted by atomic mass is 32.1. The third kappa shape index (κ3) is 6.50. The molecule has 1 heterocycles. The monoisotopic (exact) mass is 585 g/mol. The average molecular weight is 586 g/mol. The quantitative estimate of drug-likeness (QED) is 0.211. The molecule has 3 N–H and O–H groups in total. The van der Waals surface area contributed by atoms with Crippen LogP contribution in [0.2, 0.25) is 0 Å². The first-order valence-electron chi connectivity index (χ1n) is 13.6. The number of fused-ring (bicyclic) bond motifs is 3. The van der Waals surface area contributed by atoms with E-state index in [2.05, 4.69) is 39.9 Å². The van der Waals surface area contributed by atoms with E-state index in [1.807, 2.05) is 54.6 Å². The summed E-state index contributed by atoms with van der Waals surface area (Å²) in [5.74, 6) is -1.92. The molecule has 2 amide bonds. The fourth-order valence-electron chi connectivity index (χ4n) is 4.96. The summed E-state index contributed by atoms with van der Waals surface area (Å²) < 4.78 is 11.3. The summed E-state index contributed by atoms with van der Waals surface area (Å²) in [6.45, 7) is 3.72. The maximum atomic E-state index is 12.8. The predicted octanol–water partition coefficient (Wildman–Crippen LogP) is 5.53. The van der Waals surface area contributed by atoms with Gasteiger partial charge in [-0.3, -0.25) is 4.79 Å². The molecule has 3 unspecified atom stereocenters. The predicted molar refractivity (Wildman–Crippen MR) is 158 cm³/mol. The lowest BCUT2D eigenvalue weighted by Crippen LogP contribution is -2.48. The molecule has 0 saturated heterocycles. The van der Waals surface area contributed by atoms with E-state index in [1.54, 1.807) is 13.8 Å². The number of alkyl carbamates (subject to hydrolysis) is 1. The lowest BCUT2D eigenvalue weighted by atomic mass is 9.98. The third-order valence-corrected chi connectivity index (χ3v) is 8.21. The normalized spacial score (nSPS) is 14.2. The number of carboxylic acid groups (broad SMARTS) is 1. The molecule has 3 aromatic carbocycles. The number of carbonyl (C=O) groups excluding carboxylic acids is 2. The number of rotatable bonds is 11. The molecule has 10 heteroatoms. The zero-order valence-corrected chi connectivity index (χ0v) is 24.0. The van der Waals surface area contributed by atoms with Crippen LogP contribution in [0.4, 0.5) is 4.79 Å². The maximum absolute atomic E-state index is 12.8. The minimum Gasteiger partial charge on any atom is -0.480 e. The van der Waals surface area contributed by atoms with Gasteiger partial charge in [-0.1, -0.05) is 78.9 Å². The Morgan fingerprint density at radius 2 is 1.52 bits per heavy atom. The molecule has 0 bridgehead atoms. The number of thiazole rings is 1. The van der Waals surface area contributed by atoms with Crippen molar-refractivity contribution in [3.05, 3.63) is 112 Å². The van der Waals surface area contributed by atoms with Crippen molar-refractivity contribution in [1.82, 2.24) is 15.6 Å². The molecule has 0 fully saturated rings. The van der Waals surface area contributed by atoms with Gasteiger partial charge in [-0.25, -0.2) is 14.6 Å². The minimum atomic E-state index is -1.28. The van der Waals surface area contributed by atoms with Crippen LogP contribution >= 0.6 is 11.3 Å². The molecule has 3 atom stereocenters. The van der Waals surface area contributed by atoms with Crippen LogP contribution in [0.1, 0.15) is 58.0 Å². The average Bonchev–Trinajstić information content (AvgIpc) is 3.62. The number of hydrogen-bond donors (Lipinski definition) is 3. The van der Waals surface area contributed by atoms with E-state index in [0.717, 1.165) is 27.8 Å². The van der Waals surface area contributed by atoms with Gasteiger partial charge in [0, 0.05) is 11.3 Å². The standard InChI is InChI=1S/C32H31N3O6S/c1-19(33-32(39)41-17-26-24-14-8-6-12-22(24)23-13-7-9-15-25(23)26)30-34-27(18-42-30)29(36)35-28(31(37)38)20(2)40-16-21-10-4-3-5-11-21/h3-15,18-20,26,28H,16-17H2,1-2H3,(H,33,39)(H,35,36)(H,37,38). The highest BCUT2D eigenvalue weighted by Crippen LogP contribution is 2.44. The summed E-state index contributed by atoms with van der Waals surface area (Å²) in [5.41, 5.74) is 5.47. The van der Waals surface area contributed by atoms with Crippen LogP contribution in [0.3, 0.4) is 0 Å². The Kier molecular flexibility index (Phi) is 8.94. The second-order valence-electron chi connectivity index (χ2n) is 10.1. The Bertz CT molecular complexity index is 1530. The van der Waals surface area contributed by atoms with Gasteiger partial charge in [0.2, 0.25) is 0 Å². The third-order valence-electron chi connectivity index (χ3n) is 7.18. The lowest BCUT2D eigenvalue weighted by molar-refractivity contribution is -0.143. The van der Waals surface area contributed by atoms with Crippen LogP contribution in [0.5, 0.6) is 0 Å². The van der Waals surface area contributed by atoms with Gasteiger partial charge in [0.05, 0.1) is 18.8 Å². The molecule has 216 valence electrons. The molecule has 0 aliphatic heterocycles. The molecule has 4 aromatic rings. The number of nitrogens with zero attached hydrogens (tertiary/aromatic N) is 1. The Morgan fingerprint density at radius 3 is 2.17 bits per heavy atom. The van der Waals surface area contributed by atoms with Gasteiger partial charge in [0.15, 0.2) is 6.04 Å². The first-order valence-corrected chi connectivity index (χ1v) is 14.5. The van der Waals surface area contributed by atoms with Crippen LogP contribution in [-0.4, -0.2) is 46.8 Å². The largest absolute Gasteiger partial charge is 0.480 e. The van der Waals surface area contributed by atoms with Crippen molar-refractivity contribution in [2.45, 2.75) is 44.6 Å². The molecule has 0 radical (unpaired) electrons. The molecule has 0 saturated carbocycles. The smallest absolute Gasteiger partial charge is 0.407 e. The minimum absolute atomic E-state index is 0.0534. The molecular weight excluding hydrogens is 554 g/mol. The second kappa shape index (κ2) is 13.0. The molecule has 1 aromatic heterocycles. The summed E-state index contributed by atoms with van der Waals surface area (Å²) in [7, 11) is 0. The number of aliphatic carboxylic acids is 1. The van der Waals surface area contributed by atoms with E-state index in [0.29, 0.717) is 5.01 Å². The molecule has 42 heavy (non-hydrogen) atoms. The zero-order valence-electron chi connectivity index (χ0n) is 23.2. The molecule has 0 spiro atoms. The summed E-state index contributed by atoms with van der Waals surface area (Å²) in [6.07, 6.45) is -1.39. The lowest BCUT2D eigenvalue weighted by Gasteiger charge is -2.21. The zero-order chi connectivity index (χ0) is 29.6. The van der Waals surface area contributed by atoms with Gasteiger partial charge in [-0.05, 0) is 41.7 Å². The van der Waals surface area contributed by atoms with Crippen molar-refractivity contribution in [3.63, 3.8) is 0 Å². The summed E-state index contributed by atoms with van der Waals surface area (Å²) >= 11 is 1.18. The van der Waals surface area contributed by atoms with Gasteiger partial charge in [0.25, 0.3) is 5.91 Å². The summed E-state index contributed by atoms with van der Waals surface area (Å²) in [6, 6.07) is 23.7. The number of aromatic nitrogens is 1. The molecule has 1 aliphatic rings. The van der Waals surface area contributed by atoms with Crippen LogP contribution in [0.15, 0.2) is 84.2 Å². The van der Waals surface area contributed by atoms with Crippen molar-refractivity contribution in [3.8, 4) is 11.1 Å².